The molecule has 9 heteroatoms. The highest BCUT2D eigenvalue weighted by Crippen LogP contribution is 2.28. The number of fused-ring (bicyclic) bond motifs is 1. The van der Waals surface area contributed by atoms with E-state index in [1.165, 1.54) is 11.3 Å². The highest BCUT2D eigenvalue weighted by molar-refractivity contribution is 7.89. The molecule has 1 fully saturated rings. The van der Waals surface area contributed by atoms with Crippen LogP contribution in [-0.2, 0) is 29.3 Å². The van der Waals surface area contributed by atoms with Gasteiger partial charge in [-0.15, -0.1) is 0 Å². The molecule has 3 aromatic rings. The molecule has 0 spiro atoms. The topological polar surface area (TPSA) is 90.5 Å². The molecule has 0 amide bonds. The molecule has 1 aromatic heterocycles. The molecule has 38 heavy (non-hydrogen) atoms. The number of nitrogens with one attached hydrogen (secondary N) is 2. The Morgan fingerprint density at radius 1 is 0.947 bits per heavy atom. The summed E-state index contributed by atoms with van der Waals surface area (Å²) in [7, 11) is -1.44. The third kappa shape index (κ3) is 6.34. The average Bonchev–Trinajstić information content (AvgIpc) is 3.33. The van der Waals surface area contributed by atoms with Gasteiger partial charge in [0.1, 0.15) is 0 Å². The lowest BCUT2D eigenvalue weighted by Crippen LogP contribution is -2.44. The van der Waals surface area contributed by atoms with Crippen molar-refractivity contribution in [3.8, 4) is 0 Å². The molecule has 0 radical (unpaired) electrons. The van der Waals surface area contributed by atoms with Crippen molar-refractivity contribution in [1.82, 2.24) is 19.6 Å². The van der Waals surface area contributed by atoms with E-state index in [0.29, 0.717) is 12.4 Å². The van der Waals surface area contributed by atoms with Crippen LogP contribution in [0.15, 0.2) is 53.4 Å². The fourth-order valence-corrected chi connectivity index (χ4v) is 6.63. The molecule has 1 aliphatic heterocycles. The summed E-state index contributed by atoms with van der Waals surface area (Å²) >= 11 is 0. The fraction of sp³-hybridized carbons (Fsp3) is 0.448. The number of anilines is 3. The fourth-order valence-electron chi connectivity index (χ4n) is 5.14. The molecule has 2 heterocycles. The number of sulfonamides is 1. The van der Waals surface area contributed by atoms with Gasteiger partial charge in [0.2, 0.25) is 16.0 Å². The largest absolute Gasteiger partial charge is 0.369 e. The van der Waals surface area contributed by atoms with Crippen molar-refractivity contribution in [3.05, 3.63) is 71.0 Å². The van der Waals surface area contributed by atoms with Crippen LogP contribution in [0.3, 0.4) is 0 Å². The summed E-state index contributed by atoms with van der Waals surface area (Å²) in [5, 5.41) is 3.40. The number of hydrogen-bond acceptors (Lipinski definition) is 7. The highest BCUT2D eigenvalue weighted by Gasteiger charge is 2.23. The van der Waals surface area contributed by atoms with E-state index in [-0.39, 0.29) is 4.90 Å². The van der Waals surface area contributed by atoms with E-state index in [0.717, 1.165) is 68.1 Å². The zero-order valence-corrected chi connectivity index (χ0v) is 23.6. The third-order valence-corrected chi connectivity index (χ3v) is 8.79. The predicted octanol–water partition coefficient (Wildman–Crippen LogP) is 4.13. The second kappa shape index (κ2) is 10.6. The normalized spacial score (nSPS) is 16.5. The molecule has 2 N–H and O–H groups in total. The molecule has 0 bridgehead atoms. The zero-order valence-electron chi connectivity index (χ0n) is 22.8. The van der Waals surface area contributed by atoms with Crippen molar-refractivity contribution in [1.29, 1.82) is 0 Å². The number of benzene rings is 2. The van der Waals surface area contributed by atoms with Crippen LogP contribution in [0, 0.1) is 0 Å². The van der Waals surface area contributed by atoms with Gasteiger partial charge in [-0.25, -0.2) is 23.1 Å². The standard InChI is InChI=1S/C29H38N6O2S/c1-29(2,3)33-38(36,37)24-8-5-7-21(19-24)20-27-25-9-6-10-26(25)31-28(32-27)30-22-11-13-23(14-12-22)35-17-15-34(4)16-18-35/h5,7-8,11-14,19,33H,6,9-10,15-18,20H2,1-4H3,(H,30,31,32). The Labute approximate surface area is 226 Å². The summed E-state index contributed by atoms with van der Waals surface area (Å²) < 4.78 is 28.5. The van der Waals surface area contributed by atoms with Gasteiger partial charge >= 0.3 is 0 Å². The second-order valence-corrected chi connectivity index (χ2v) is 13.1. The Balaban J connectivity index is 1.35. The van der Waals surface area contributed by atoms with E-state index in [9.17, 15) is 8.42 Å². The molecule has 5 rings (SSSR count). The first kappa shape index (κ1) is 26.6. The lowest BCUT2D eigenvalue weighted by Gasteiger charge is -2.34. The summed E-state index contributed by atoms with van der Waals surface area (Å²) in [5.41, 5.74) is 5.79. The van der Waals surface area contributed by atoms with E-state index in [2.05, 4.69) is 51.2 Å². The van der Waals surface area contributed by atoms with Crippen LogP contribution in [0.5, 0.6) is 0 Å². The molecule has 0 unspecified atom stereocenters. The molecular formula is C29H38N6O2S. The second-order valence-electron chi connectivity index (χ2n) is 11.4. The summed E-state index contributed by atoms with van der Waals surface area (Å²) in [6.07, 6.45) is 3.50. The summed E-state index contributed by atoms with van der Waals surface area (Å²) in [6.45, 7) is 9.75. The summed E-state index contributed by atoms with van der Waals surface area (Å²) in [5.74, 6) is 0.589. The smallest absolute Gasteiger partial charge is 0.241 e. The van der Waals surface area contributed by atoms with Crippen molar-refractivity contribution in [2.24, 2.45) is 0 Å². The number of rotatable bonds is 7. The van der Waals surface area contributed by atoms with Crippen LogP contribution in [0.1, 0.15) is 49.7 Å². The Hall–Kier alpha value is -3.01. The Bertz CT molecular complexity index is 1390. The van der Waals surface area contributed by atoms with Crippen LogP contribution in [0.25, 0.3) is 0 Å². The van der Waals surface area contributed by atoms with Crippen molar-refractivity contribution >= 4 is 27.3 Å². The highest BCUT2D eigenvalue weighted by atomic mass is 32.2. The first-order valence-corrected chi connectivity index (χ1v) is 14.9. The van der Waals surface area contributed by atoms with Crippen LogP contribution in [-0.4, -0.2) is 62.1 Å². The van der Waals surface area contributed by atoms with Crippen LogP contribution < -0.4 is 14.9 Å². The van der Waals surface area contributed by atoms with Crippen molar-refractivity contribution < 1.29 is 8.42 Å². The van der Waals surface area contributed by atoms with Crippen molar-refractivity contribution in [3.63, 3.8) is 0 Å². The van der Waals surface area contributed by atoms with Gasteiger partial charge in [0.05, 0.1) is 10.6 Å². The predicted molar refractivity (Wildman–Crippen MR) is 153 cm³/mol. The maximum atomic E-state index is 12.9. The van der Waals surface area contributed by atoms with E-state index >= 15 is 0 Å². The van der Waals surface area contributed by atoms with Gasteiger partial charge < -0.3 is 15.1 Å². The lowest BCUT2D eigenvalue weighted by atomic mass is 10.0. The van der Waals surface area contributed by atoms with Gasteiger partial charge in [-0.1, -0.05) is 12.1 Å². The number of aryl methyl sites for hydroxylation is 1. The SMILES string of the molecule is CN1CCN(c2ccc(Nc3nc4c(c(Cc5cccc(S(=O)(=O)NC(C)(C)C)c5)n3)CCC4)cc2)CC1. The van der Waals surface area contributed by atoms with Gasteiger partial charge in [0.15, 0.2) is 0 Å². The van der Waals surface area contributed by atoms with Gasteiger partial charge in [0, 0.05) is 55.2 Å². The lowest BCUT2D eigenvalue weighted by molar-refractivity contribution is 0.313. The Morgan fingerprint density at radius 3 is 2.39 bits per heavy atom. The van der Waals surface area contributed by atoms with Crippen molar-refractivity contribution in [2.45, 2.75) is 56.9 Å². The quantitative estimate of drug-likeness (QED) is 0.471. The van der Waals surface area contributed by atoms with Crippen LogP contribution in [0.4, 0.5) is 17.3 Å². The Morgan fingerprint density at radius 2 is 1.68 bits per heavy atom. The molecule has 8 nitrogen and oxygen atoms in total. The summed E-state index contributed by atoms with van der Waals surface area (Å²) in [4.78, 5) is 14.8. The van der Waals surface area contributed by atoms with E-state index in [1.54, 1.807) is 18.2 Å². The maximum Gasteiger partial charge on any atom is 0.241 e. The molecule has 1 aliphatic carbocycles. The molecule has 2 aromatic carbocycles. The van der Waals surface area contributed by atoms with Gasteiger partial charge in [-0.3, -0.25) is 0 Å². The number of aromatic nitrogens is 2. The average molecular weight is 535 g/mol. The van der Waals surface area contributed by atoms with Crippen LogP contribution in [0.2, 0.25) is 0 Å². The monoisotopic (exact) mass is 534 g/mol. The minimum absolute atomic E-state index is 0.273. The Kier molecular flexibility index (Phi) is 7.44. The first-order valence-electron chi connectivity index (χ1n) is 13.4. The minimum atomic E-state index is -3.61. The molecule has 2 aliphatic rings. The van der Waals surface area contributed by atoms with Gasteiger partial charge in [-0.2, -0.15) is 0 Å². The van der Waals surface area contributed by atoms with Gasteiger partial charge in [-0.05, 0) is 94.6 Å². The first-order chi connectivity index (χ1) is 18.1. The molecule has 0 saturated carbocycles. The number of nitrogens with zero attached hydrogens (tertiary/aromatic N) is 4. The van der Waals surface area contributed by atoms with E-state index in [4.69, 9.17) is 9.97 Å². The number of piperazine rings is 1. The van der Waals surface area contributed by atoms with E-state index < -0.39 is 15.6 Å². The van der Waals surface area contributed by atoms with E-state index in [1.807, 2.05) is 26.8 Å². The molecule has 0 atom stereocenters. The molecular weight excluding hydrogens is 496 g/mol. The van der Waals surface area contributed by atoms with Gasteiger partial charge in [0.25, 0.3) is 0 Å². The molecule has 202 valence electrons. The number of likely N-dealkylation sites (N-methyl/N-ethyl adjacent to an activating group) is 1. The summed E-state index contributed by atoms with van der Waals surface area (Å²) in [6, 6.07) is 15.6. The third-order valence-electron chi connectivity index (χ3n) is 7.03. The molecule has 1 saturated heterocycles. The van der Waals surface area contributed by atoms with Crippen LogP contribution >= 0.6 is 0 Å². The minimum Gasteiger partial charge on any atom is -0.369 e. The van der Waals surface area contributed by atoms with Crippen molar-refractivity contribution in [2.75, 3.05) is 43.4 Å². The zero-order chi connectivity index (χ0) is 26.9. The maximum absolute atomic E-state index is 12.9. The number of hydrogen-bond donors (Lipinski definition) is 2.